The van der Waals surface area contributed by atoms with Crippen LogP contribution in [0.3, 0.4) is 0 Å². The molecule has 0 radical (unpaired) electrons. The molecule has 0 bridgehead atoms. The van der Waals surface area contributed by atoms with Crippen molar-refractivity contribution in [3.63, 3.8) is 0 Å². The van der Waals surface area contributed by atoms with Gasteiger partial charge in [-0.05, 0) is 33.1 Å². The summed E-state index contributed by atoms with van der Waals surface area (Å²) in [6.45, 7) is 4.62. The van der Waals surface area contributed by atoms with E-state index in [4.69, 9.17) is 34.1 Å². The number of aliphatic carboxylic acids is 4. The Balaban J connectivity index is -0.000000268. The highest BCUT2D eigenvalue weighted by Crippen LogP contribution is 2.13. The van der Waals surface area contributed by atoms with Gasteiger partial charge >= 0.3 is 23.9 Å². The molecule has 0 saturated carbocycles. The van der Waals surface area contributed by atoms with E-state index in [9.17, 15) is 44.4 Å². The lowest BCUT2D eigenvalue weighted by Gasteiger charge is -2.02. The Morgan fingerprint density at radius 3 is 1.38 bits per heavy atom. The molecular weight excluding hydrogens is 668 g/mol. The van der Waals surface area contributed by atoms with Crippen LogP contribution in [0.25, 0.3) is 0 Å². The van der Waals surface area contributed by atoms with Crippen molar-refractivity contribution in [3.8, 4) is 0 Å². The molecule has 0 atom stereocenters. The van der Waals surface area contributed by atoms with E-state index in [0.717, 1.165) is 44.4 Å². The molecule has 0 aromatic heterocycles. The monoisotopic (exact) mass is 712 g/mol. The largest absolute Gasteiger partial charge is 0.478 e. The summed E-state index contributed by atoms with van der Waals surface area (Å²) >= 11 is 0. The van der Waals surface area contributed by atoms with Gasteiger partial charge in [-0.15, -0.1) is 0 Å². The fourth-order valence-corrected chi connectivity index (χ4v) is 3.50. The quantitative estimate of drug-likeness (QED) is 0.0609. The molecule has 0 spiro atoms. The maximum absolute atomic E-state index is 10.7. The van der Waals surface area contributed by atoms with Gasteiger partial charge in [-0.3, -0.25) is 13.7 Å². The Labute approximate surface area is 263 Å². The summed E-state index contributed by atoms with van der Waals surface area (Å²) in [6.07, 6.45) is 12.2. The van der Waals surface area contributed by atoms with E-state index >= 15 is 0 Å². The van der Waals surface area contributed by atoms with Crippen molar-refractivity contribution in [1.82, 2.24) is 0 Å². The van der Waals surface area contributed by atoms with E-state index in [1.165, 1.54) is 39.0 Å². The molecule has 0 aromatic carbocycles. The summed E-state index contributed by atoms with van der Waals surface area (Å²) < 4.78 is 83.2. The zero-order valence-electron chi connectivity index (χ0n) is 25.2. The number of carboxylic acids is 4. The normalized spacial score (nSPS) is 12.0. The fraction of sp³-hybridized carbons (Fsp3) is 0.600. The first-order valence-electron chi connectivity index (χ1n) is 13.2. The Kier molecular flexibility index (Phi) is 29.4. The number of hydrogen-bond donors (Lipinski definition) is 7. The van der Waals surface area contributed by atoms with Crippen LogP contribution in [0.2, 0.25) is 0 Å². The average Bonchev–Trinajstić information content (AvgIpc) is 2.86. The minimum absolute atomic E-state index is 0.00509. The summed E-state index contributed by atoms with van der Waals surface area (Å²) in [5.74, 6) is -5.48. The van der Waals surface area contributed by atoms with Gasteiger partial charge < -0.3 is 20.4 Å². The van der Waals surface area contributed by atoms with Gasteiger partial charge in [0.25, 0.3) is 30.4 Å². The van der Waals surface area contributed by atoms with Gasteiger partial charge in [-0.25, -0.2) is 19.2 Å². The predicted molar refractivity (Wildman–Crippen MR) is 163 cm³/mol. The van der Waals surface area contributed by atoms with Crippen molar-refractivity contribution in [2.45, 2.75) is 85.0 Å². The van der Waals surface area contributed by atoms with Gasteiger partial charge in [0.05, 0.1) is 16.9 Å². The molecule has 0 heterocycles. The van der Waals surface area contributed by atoms with Crippen LogP contribution in [-0.4, -0.2) is 94.7 Å². The van der Waals surface area contributed by atoms with Crippen molar-refractivity contribution in [3.05, 3.63) is 34.8 Å². The second-order valence-corrected chi connectivity index (χ2v) is 13.4. The summed E-state index contributed by atoms with van der Waals surface area (Å²) in [7, 11) is -11.9. The SMILES string of the molecule is CC(=CS(=O)(=O)O)C(=O)O.CCCCCCCCCCC(=CC(=O)O)C(=O)O.CCS(=O)(=O)O.O=C(O)C=CCCS(=O)(=O)O. The summed E-state index contributed by atoms with van der Waals surface area (Å²) in [4.78, 5) is 40.9. The van der Waals surface area contributed by atoms with Crippen molar-refractivity contribution in [2.75, 3.05) is 11.5 Å². The molecule has 45 heavy (non-hydrogen) atoms. The molecule has 0 aromatic rings. The van der Waals surface area contributed by atoms with E-state index < -0.39 is 65.6 Å². The highest BCUT2D eigenvalue weighted by molar-refractivity contribution is 7.88. The summed E-state index contributed by atoms with van der Waals surface area (Å²) in [5.41, 5.74) is -0.434. The number of carbonyl (C=O) groups is 4. The van der Waals surface area contributed by atoms with Crippen LogP contribution in [-0.2, 0) is 49.5 Å². The van der Waals surface area contributed by atoms with Gasteiger partial charge in [0.2, 0.25) is 0 Å². The fourth-order valence-electron chi connectivity index (χ4n) is 2.51. The minimum atomic E-state index is -4.31. The average molecular weight is 713 g/mol. The Hall–Kier alpha value is -3.17. The smallest absolute Gasteiger partial charge is 0.332 e. The molecule has 0 aliphatic rings. The predicted octanol–water partition coefficient (Wildman–Crippen LogP) is 3.27. The van der Waals surface area contributed by atoms with Crippen LogP contribution in [0.15, 0.2) is 34.8 Å². The summed E-state index contributed by atoms with van der Waals surface area (Å²) in [5, 5.41) is 33.7. The molecule has 0 fully saturated rings. The second-order valence-electron chi connectivity index (χ2n) is 8.84. The van der Waals surface area contributed by atoms with Crippen molar-refractivity contribution < 1.29 is 78.5 Å². The molecule has 17 nitrogen and oxygen atoms in total. The molecular formula is C25H44O17S3. The lowest BCUT2D eigenvalue weighted by atomic mass is 10.0. The van der Waals surface area contributed by atoms with Crippen LogP contribution in [0.4, 0.5) is 0 Å². The third kappa shape index (κ3) is 50.7. The molecule has 20 heteroatoms. The first-order valence-corrected chi connectivity index (χ1v) is 18.0. The number of unbranched alkanes of at least 4 members (excludes halogenated alkanes) is 7. The Morgan fingerprint density at radius 1 is 0.644 bits per heavy atom. The topological polar surface area (TPSA) is 312 Å². The van der Waals surface area contributed by atoms with Gasteiger partial charge in [-0.1, -0.05) is 57.9 Å². The van der Waals surface area contributed by atoms with Crippen LogP contribution in [0.1, 0.15) is 85.0 Å². The van der Waals surface area contributed by atoms with E-state index in [0.29, 0.717) is 6.42 Å². The zero-order valence-corrected chi connectivity index (χ0v) is 27.7. The van der Waals surface area contributed by atoms with Gasteiger partial charge in [0, 0.05) is 23.3 Å². The van der Waals surface area contributed by atoms with Crippen molar-refractivity contribution >= 4 is 54.2 Å². The highest BCUT2D eigenvalue weighted by Gasteiger charge is 2.09. The molecule has 0 amide bonds. The van der Waals surface area contributed by atoms with E-state index in [-0.39, 0.29) is 23.2 Å². The van der Waals surface area contributed by atoms with Crippen molar-refractivity contribution in [2.24, 2.45) is 0 Å². The molecule has 0 aliphatic carbocycles. The lowest BCUT2D eigenvalue weighted by molar-refractivity contribution is -0.135. The van der Waals surface area contributed by atoms with Gasteiger partial charge in [0.15, 0.2) is 0 Å². The summed E-state index contributed by atoms with van der Waals surface area (Å²) in [6, 6.07) is 0. The zero-order chi connectivity index (χ0) is 36.3. The van der Waals surface area contributed by atoms with Gasteiger partial charge in [-0.2, -0.15) is 25.3 Å². The van der Waals surface area contributed by atoms with E-state index in [1.54, 1.807) is 0 Å². The number of hydrogen-bond acceptors (Lipinski definition) is 10. The maximum Gasteiger partial charge on any atom is 0.332 e. The Morgan fingerprint density at radius 2 is 1.09 bits per heavy atom. The van der Waals surface area contributed by atoms with Crippen LogP contribution in [0.5, 0.6) is 0 Å². The third-order valence-electron chi connectivity index (χ3n) is 4.70. The third-order valence-corrected chi connectivity index (χ3v) is 6.84. The second kappa shape index (κ2) is 27.2. The van der Waals surface area contributed by atoms with Crippen molar-refractivity contribution in [1.29, 1.82) is 0 Å². The molecule has 0 saturated heterocycles. The molecule has 0 rings (SSSR count). The van der Waals surface area contributed by atoms with Crippen LogP contribution < -0.4 is 0 Å². The Bertz CT molecular complexity index is 1310. The molecule has 0 unspecified atom stereocenters. The molecule has 0 aliphatic heterocycles. The number of allylic oxidation sites excluding steroid dienone is 1. The first kappa shape index (κ1) is 48.7. The number of rotatable bonds is 18. The van der Waals surface area contributed by atoms with Gasteiger partial charge in [0.1, 0.15) is 0 Å². The first-order chi connectivity index (χ1) is 20.4. The van der Waals surface area contributed by atoms with Crippen LogP contribution in [0, 0.1) is 0 Å². The van der Waals surface area contributed by atoms with E-state index in [2.05, 4.69) is 6.92 Å². The standard InChI is InChI=1S/C14H24O4.C5H8O5S.C4H6O5S.C2H6O3S/c1-2-3-4-5-6-7-8-9-10-12(14(17)18)11-13(15)16;6-5(7)3-1-2-4-11(8,9)10;1-3(4(5)6)2-10(7,8)9;1-2-6(3,4)5/h11H,2-10H2,1H3,(H,15,16)(H,17,18);1,3H,2,4H2,(H,6,7)(H,8,9,10);2H,1H3,(H,5,6)(H,7,8,9);2H2,1H3,(H,3,4,5). The minimum Gasteiger partial charge on any atom is -0.478 e. The number of carboxylic acid groups (broad SMARTS) is 4. The molecule has 7 N–H and O–H groups in total. The molecule has 264 valence electrons. The van der Waals surface area contributed by atoms with Crippen LogP contribution >= 0.6 is 0 Å². The maximum atomic E-state index is 10.7. The highest BCUT2D eigenvalue weighted by atomic mass is 32.2. The lowest BCUT2D eigenvalue weighted by Crippen LogP contribution is -2.04. The van der Waals surface area contributed by atoms with E-state index in [1.807, 2.05) is 0 Å².